The number of aryl methyl sites for hydroxylation is 1. The van der Waals surface area contributed by atoms with E-state index in [2.05, 4.69) is 15.5 Å². The standard InChI is InChI=1S/C13H15N5O4/c1-3-11(12-15-7(2)22-17-12)16-13(19)9-6-8(18(20)21)4-5-10(9)14/h4-6,11H,3,14H2,1-2H3,(H,16,19)/t11-/m1/s1. The molecule has 2 rings (SSSR count). The van der Waals surface area contributed by atoms with Crippen LogP contribution in [0.25, 0.3) is 0 Å². The molecule has 116 valence electrons. The van der Waals surface area contributed by atoms with Gasteiger partial charge in [0.05, 0.1) is 16.5 Å². The van der Waals surface area contributed by atoms with E-state index in [0.717, 1.165) is 6.07 Å². The van der Waals surface area contributed by atoms with Crippen molar-refractivity contribution in [1.82, 2.24) is 15.5 Å². The molecule has 2 aromatic rings. The Hall–Kier alpha value is -2.97. The fourth-order valence-electron chi connectivity index (χ4n) is 1.90. The van der Waals surface area contributed by atoms with Gasteiger partial charge in [-0.1, -0.05) is 12.1 Å². The molecule has 0 aliphatic heterocycles. The number of benzene rings is 1. The number of carbonyl (C=O) groups excluding carboxylic acids is 1. The summed E-state index contributed by atoms with van der Waals surface area (Å²) in [6.45, 7) is 3.48. The second kappa shape index (κ2) is 6.20. The molecular formula is C13H15N5O4. The Morgan fingerprint density at radius 1 is 1.55 bits per heavy atom. The monoisotopic (exact) mass is 305 g/mol. The van der Waals surface area contributed by atoms with Gasteiger partial charge in [0.25, 0.3) is 11.6 Å². The third-order valence-electron chi connectivity index (χ3n) is 3.06. The summed E-state index contributed by atoms with van der Waals surface area (Å²) in [5.74, 6) is 0.199. The lowest BCUT2D eigenvalue weighted by Gasteiger charge is -2.14. The van der Waals surface area contributed by atoms with Crippen LogP contribution in [0.2, 0.25) is 0 Å². The summed E-state index contributed by atoms with van der Waals surface area (Å²) < 4.78 is 4.88. The van der Waals surface area contributed by atoms with Crippen LogP contribution in [0, 0.1) is 17.0 Å². The van der Waals surface area contributed by atoms with E-state index < -0.39 is 16.9 Å². The Balaban J connectivity index is 2.24. The third-order valence-corrected chi connectivity index (χ3v) is 3.06. The van der Waals surface area contributed by atoms with Crippen LogP contribution < -0.4 is 11.1 Å². The van der Waals surface area contributed by atoms with E-state index in [1.165, 1.54) is 12.1 Å². The number of nitro benzene ring substituents is 1. The van der Waals surface area contributed by atoms with Crippen LogP contribution >= 0.6 is 0 Å². The van der Waals surface area contributed by atoms with Crippen LogP contribution in [0.3, 0.4) is 0 Å². The molecule has 1 atom stereocenters. The molecule has 9 nitrogen and oxygen atoms in total. The minimum Gasteiger partial charge on any atom is -0.398 e. The van der Waals surface area contributed by atoms with E-state index in [1.54, 1.807) is 6.92 Å². The summed E-state index contributed by atoms with van der Waals surface area (Å²) in [7, 11) is 0. The van der Waals surface area contributed by atoms with E-state index in [4.69, 9.17) is 10.3 Å². The van der Waals surface area contributed by atoms with Crippen LogP contribution in [-0.4, -0.2) is 21.0 Å². The number of nitrogens with one attached hydrogen (secondary N) is 1. The Bertz CT molecular complexity index is 712. The largest absolute Gasteiger partial charge is 0.398 e. The number of nitrogens with two attached hydrogens (primary N) is 1. The maximum Gasteiger partial charge on any atom is 0.270 e. The predicted octanol–water partition coefficient (Wildman–Crippen LogP) is 1.75. The molecule has 9 heteroatoms. The summed E-state index contributed by atoms with van der Waals surface area (Å²) in [6, 6.07) is 3.24. The number of nitro groups is 1. The van der Waals surface area contributed by atoms with Gasteiger partial charge in [0, 0.05) is 24.7 Å². The van der Waals surface area contributed by atoms with Crippen LogP contribution in [0.5, 0.6) is 0 Å². The highest BCUT2D eigenvalue weighted by Gasteiger charge is 2.21. The first-order valence-corrected chi connectivity index (χ1v) is 6.57. The number of amides is 1. The van der Waals surface area contributed by atoms with Crippen LogP contribution in [-0.2, 0) is 0 Å². The van der Waals surface area contributed by atoms with Gasteiger partial charge >= 0.3 is 0 Å². The Morgan fingerprint density at radius 2 is 2.27 bits per heavy atom. The van der Waals surface area contributed by atoms with Crippen LogP contribution in [0.4, 0.5) is 11.4 Å². The quantitative estimate of drug-likeness (QED) is 0.487. The number of non-ortho nitro benzene ring substituents is 1. The van der Waals surface area contributed by atoms with E-state index >= 15 is 0 Å². The second-order valence-corrected chi connectivity index (χ2v) is 4.63. The molecule has 0 spiro atoms. The van der Waals surface area contributed by atoms with Crippen molar-refractivity contribution in [2.24, 2.45) is 0 Å². The Morgan fingerprint density at radius 3 is 2.82 bits per heavy atom. The van der Waals surface area contributed by atoms with Gasteiger partial charge in [0.1, 0.15) is 0 Å². The zero-order valence-corrected chi connectivity index (χ0v) is 12.1. The van der Waals surface area contributed by atoms with Gasteiger partial charge in [-0.05, 0) is 12.5 Å². The molecule has 1 amide bonds. The van der Waals surface area contributed by atoms with Gasteiger partial charge in [-0.15, -0.1) is 0 Å². The highest BCUT2D eigenvalue weighted by molar-refractivity contribution is 5.99. The summed E-state index contributed by atoms with van der Waals surface area (Å²) in [5, 5.41) is 17.2. The van der Waals surface area contributed by atoms with Gasteiger partial charge in [0.2, 0.25) is 5.89 Å². The maximum absolute atomic E-state index is 12.3. The third kappa shape index (κ3) is 3.19. The number of hydrogen-bond acceptors (Lipinski definition) is 7. The van der Waals surface area contributed by atoms with Crippen molar-refractivity contribution in [1.29, 1.82) is 0 Å². The minimum atomic E-state index is -0.587. The van der Waals surface area contributed by atoms with Gasteiger partial charge in [0.15, 0.2) is 5.82 Å². The minimum absolute atomic E-state index is 0.0351. The number of nitrogen functional groups attached to an aromatic ring is 1. The molecule has 0 radical (unpaired) electrons. The summed E-state index contributed by atoms with van der Waals surface area (Å²) in [6.07, 6.45) is 0.527. The number of hydrogen-bond donors (Lipinski definition) is 2. The Labute approximate surface area is 125 Å². The molecule has 0 aliphatic carbocycles. The molecule has 1 heterocycles. The molecule has 0 aliphatic rings. The fraction of sp³-hybridized carbons (Fsp3) is 0.308. The number of aromatic nitrogens is 2. The normalized spacial score (nSPS) is 11.9. The second-order valence-electron chi connectivity index (χ2n) is 4.63. The summed E-state index contributed by atoms with van der Waals surface area (Å²) in [4.78, 5) is 26.6. The molecule has 0 fully saturated rings. The topological polar surface area (TPSA) is 137 Å². The molecule has 0 saturated heterocycles. The molecular weight excluding hydrogens is 290 g/mol. The zero-order chi connectivity index (χ0) is 16.3. The Kier molecular flexibility index (Phi) is 4.35. The van der Waals surface area contributed by atoms with Crippen molar-refractivity contribution in [2.75, 3.05) is 5.73 Å². The van der Waals surface area contributed by atoms with Crippen molar-refractivity contribution < 1.29 is 14.2 Å². The van der Waals surface area contributed by atoms with Crippen molar-refractivity contribution >= 4 is 17.3 Å². The number of anilines is 1. The highest BCUT2D eigenvalue weighted by Crippen LogP contribution is 2.21. The predicted molar refractivity (Wildman–Crippen MR) is 77.0 cm³/mol. The van der Waals surface area contributed by atoms with Crippen molar-refractivity contribution in [2.45, 2.75) is 26.3 Å². The average molecular weight is 305 g/mol. The zero-order valence-electron chi connectivity index (χ0n) is 12.1. The van der Waals surface area contributed by atoms with Gasteiger partial charge in [-0.3, -0.25) is 14.9 Å². The lowest BCUT2D eigenvalue weighted by atomic mass is 10.1. The first-order valence-electron chi connectivity index (χ1n) is 6.57. The lowest BCUT2D eigenvalue weighted by Crippen LogP contribution is -2.29. The van der Waals surface area contributed by atoms with Gasteiger partial charge in [-0.2, -0.15) is 4.98 Å². The van der Waals surface area contributed by atoms with Gasteiger partial charge in [-0.25, -0.2) is 0 Å². The van der Waals surface area contributed by atoms with E-state index in [-0.39, 0.29) is 16.9 Å². The van der Waals surface area contributed by atoms with E-state index in [0.29, 0.717) is 18.1 Å². The average Bonchev–Trinajstić information content (AvgIpc) is 2.91. The smallest absolute Gasteiger partial charge is 0.270 e. The molecule has 1 aromatic heterocycles. The molecule has 0 saturated carbocycles. The first kappa shape index (κ1) is 15.4. The van der Waals surface area contributed by atoms with Crippen LogP contribution in [0.15, 0.2) is 22.7 Å². The van der Waals surface area contributed by atoms with E-state index in [1.807, 2.05) is 6.92 Å². The number of nitrogens with zero attached hydrogens (tertiary/aromatic N) is 3. The van der Waals surface area contributed by atoms with Crippen molar-refractivity contribution in [3.8, 4) is 0 Å². The molecule has 0 unspecified atom stereocenters. The van der Waals surface area contributed by atoms with Crippen molar-refractivity contribution in [3.05, 3.63) is 45.6 Å². The van der Waals surface area contributed by atoms with E-state index in [9.17, 15) is 14.9 Å². The summed E-state index contributed by atoms with van der Waals surface area (Å²) >= 11 is 0. The molecule has 1 aromatic carbocycles. The molecule has 0 bridgehead atoms. The number of rotatable bonds is 5. The molecule has 22 heavy (non-hydrogen) atoms. The lowest BCUT2D eigenvalue weighted by molar-refractivity contribution is -0.384. The fourth-order valence-corrected chi connectivity index (χ4v) is 1.90. The first-order chi connectivity index (χ1) is 10.4. The van der Waals surface area contributed by atoms with Gasteiger partial charge < -0.3 is 15.6 Å². The summed E-state index contributed by atoms with van der Waals surface area (Å²) in [5.41, 5.74) is 5.70. The van der Waals surface area contributed by atoms with Crippen LogP contribution in [0.1, 0.15) is 41.5 Å². The molecule has 3 N–H and O–H groups in total. The maximum atomic E-state index is 12.3. The number of carbonyl (C=O) groups is 1. The SMILES string of the molecule is CC[C@@H](NC(=O)c1cc([N+](=O)[O-])ccc1N)c1noc(C)n1. The van der Waals surface area contributed by atoms with Crippen molar-refractivity contribution in [3.63, 3.8) is 0 Å². The highest BCUT2D eigenvalue weighted by atomic mass is 16.6.